The largest absolute Gasteiger partial charge is 0.300 e. The van der Waals surface area contributed by atoms with Crippen LogP contribution in [0.2, 0.25) is 0 Å². The van der Waals surface area contributed by atoms with Gasteiger partial charge in [0.1, 0.15) is 5.78 Å². The second kappa shape index (κ2) is 8.90. The highest BCUT2D eigenvalue weighted by Gasteiger charge is 2.05. The first kappa shape index (κ1) is 15.9. The molecular weight excluding hydrogens is 232 g/mol. The normalized spacial score (nSPS) is 12.4. The van der Waals surface area contributed by atoms with Gasteiger partial charge in [0.25, 0.3) is 0 Å². The molecule has 1 unspecified atom stereocenters. The quantitative estimate of drug-likeness (QED) is 0.603. The van der Waals surface area contributed by atoms with Gasteiger partial charge in [-0.1, -0.05) is 62.9 Å². The zero-order valence-corrected chi connectivity index (χ0v) is 12.7. The summed E-state index contributed by atoms with van der Waals surface area (Å²) >= 11 is 0. The molecule has 0 aromatic heterocycles. The van der Waals surface area contributed by atoms with Crippen molar-refractivity contribution in [3.63, 3.8) is 0 Å². The van der Waals surface area contributed by atoms with Gasteiger partial charge in [0.15, 0.2) is 0 Å². The molecule has 0 spiro atoms. The number of Topliss-reactive ketones (excluding diaryl/α,β-unsaturated/α-hetero) is 1. The Morgan fingerprint density at radius 2 is 1.79 bits per heavy atom. The minimum atomic E-state index is 0.421. The van der Waals surface area contributed by atoms with Crippen molar-refractivity contribution < 1.29 is 4.79 Å². The van der Waals surface area contributed by atoms with Gasteiger partial charge in [-0.15, -0.1) is 0 Å². The lowest BCUT2D eigenvalue weighted by Crippen LogP contribution is -2.02. The molecule has 0 aliphatic rings. The van der Waals surface area contributed by atoms with Crippen molar-refractivity contribution in [2.45, 2.75) is 65.7 Å². The maximum Gasteiger partial charge on any atom is 0.133 e. The van der Waals surface area contributed by atoms with Gasteiger partial charge in [0.05, 0.1) is 0 Å². The Morgan fingerprint density at radius 1 is 1.11 bits per heavy atom. The van der Waals surface area contributed by atoms with E-state index in [1.807, 2.05) is 0 Å². The fourth-order valence-electron chi connectivity index (χ4n) is 2.45. The van der Waals surface area contributed by atoms with Crippen LogP contribution in [0.15, 0.2) is 24.3 Å². The lowest BCUT2D eigenvalue weighted by molar-refractivity contribution is -0.119. The molecule has 19 heavy (non-hydrogen) atoms. The van der Waals surface area contributed by atoms with E-state index in [0.717, 1.165) is 25.2 Å². The summed E-state index contributed by atoms with van der Waals surface area (Å²) in [4.78, 5) is 11.8. The van der Waals surface area contributed by atoms with Gasteiger partial charge in [0.2, 0.25) is 0 Å². The minimum absolute atomic E-state index is 0.421. The average molecular weight is 260 g/mol. The van der Waals surface area contributed by atoms with Crippen LogP contribution in [0.3, 0.4) is 0 Å². The summed E-state index contributed by atoms with van der Waals surface area (Å²) in [6.45, 7) is 6.61. The zero-order valence-electron chi connectivity index (χ0n) is 12.7. The Morgan fingerprint density at radius 3 is 2.42 bits per heavy atom. The third kappa shape index (κ3) is 7.15. The molecule has 0 saturated carbocycles. The van der Waals surface area contributed by atoms with E-state index in [0.29, 0.717) is 12.2 Å². The first-order valence-corrected chi connectivity index (χ1v) is 7.69. The van der Waals surface area contributed by atoms with Crippen LogP contribution in [0.4, 0.5) is 0 Å². The Hall–Kier alpha value is -1.11. The molecule has 0 aliphatic heterocycles. The Labute approximate surface area is 118 Å². The third-order valence-corrected chi connectivity index (χ3v) is 3.75. The maximum atomic E-state index is 11.8. The first-order chi connectivity index (χ1) is 9.11. The molecule has 0 aliphatic carbocycles. The summed E-state index contributed by atoms with van der Waals surface area (Å²) < 4.78 is 0. The number of ketones is 1. The maximum absolute atomic E-state index is 11.8. The van der Waals surface area contributed by atoms with Crippen LogP contribution >= 0.6 is 0 Å². The van der Waals surface area contributed by atoms with E-state index in [4.69, 9.17) is 0 Å². The molecule has 0 amide bonds. The predicted octanol–water partition coefficient (Wildman–Crippen LogP) is 5.10. The average Bonchev–Trinajstić information content (AvgIpc) is 2.38. The van der Waals surface area contributed by atoms with Gasteiger partial charge < -0.3 is 0 Å². The fourth-order valence-corrected chi connectivity index (χ4v) is 2.45. The van der Waals surface area contributed by atoms with Crippen molar-refractivity contribution in [2.75, 3.05) is 0 Å². The van der Waals surface area contributed by atoms with E-state index in [1.54, 1.807) is 0 Å². The SMILES string of the molecule is CCCC(C)CCCC(=O)CCc1ccc(C)cc1. The van der Waals surface area contributed by atoms with Crippen molar-refractivity contribution in [1.82, 2.24) is 0 Å². The summed E-state index contributed by atoms with van der Waals surface area (Å²) in [6.07, 6.45) is 7.16. The second-order valence-electron chi connectivity index (χ2n) is 5.81. The number of rotatable bonds is 9. The van der Waals surface area contributed by atoms with Crippen molar-refractivity contribution in [1.29, 1.82) is 0 Å². The molecule has 1 aromatic rings. The summed E-state index contributed by atoms with van der Waals surface area (Å²) in [7, 11) is 0. The van der Waals surface area contributed by atoms with E-state index >= 15 is 0 Å². The van der Waals surface area contributed by atoms with E-state index in [-0.39, 0.29) is 0 Å². The van der Waals surface area contributed by atoms with Crippen LogP contribution < -0.4 is 0 Å². The van der Waals surface area contributed by atoms with Crippen molar-refractivity contribution in [3.8, 4) is 0 Å². The van der Waals surface area contributed by atoms with Crippen LogP contribution in [-0.4, -0.2) is 5.78 Å². The number of carbonyl (C=O) groups excluding carboxylic acids is 1. The molecular formula is C18H28O. The fraction of sp³-hybridized carbons (Fsp3) is 0.611. The first-order valence-electron chi connectivity index (χ1n) is 7.69. The number of benzene rings is 1. The Bertz CT molecular complexity index is 364. The summed E-state index contributed by atoms with van der Waals surface area (Å²) in [6, 6.07) is 8.50. The molecule has 106 valence electrons. The number of hydrogen-bond donors (Lipinski definition) is 0. The molecule has 0 bridgehead atoms. The van der Waals surface area contributed by atoms with E-state index < -0.39 is 0 Å². The number of hydrogen-bond acceptors (Lipinski definition) is 1. The summed E-state index contributed by atoms with van der Waals surface area (Å²) in [5, 5.41) is 0. The molecule has 1 nitrogen and oxygen atoms in total. The van der Waals surface area contributed by atoms with Crippen LogP contribution in [0.25, 0.3) is 0 Å². The van der Waals surface area contributed by atoms with Crippen LogP contribution in [0.5, 0.6) is 0 Å². The molecule has 0 radical (unpaired) electrons. The van der Waals surface area contributed by atoms with Crippen LogP contribution in [0, 0.1) is 12.8 Å². The lowest BCUT2D eigenvalue weighted by Gasteiger charge is -2.08. The Balaban J connectivity index is 2.16. The minimum Gasteiger partial charge on any atom is -0.300 e. The Kier molecular flexibility index (Phi) is 7.47. The zero-order chi connectivity index (χ0) is 14.1. The van der Waals surface area contributed by atoms with Crippen LogP contribution in [0.1, 0.15) is 63.5 Å². The van der Waals surface area contributed by atoms with Crippen molar-refractivity contribution >= 4 is 5.78 Å². The van der Waals surface area contributed by atoms with E-state index in [1.165, 1.54) is 30.4 Å². The highest BCUT2D eigenvalue weighted by atomic mass is 16.1. The standard InChI is InChI=1S/C18H28O/c1-4-6-15(2)7-5-8-18(19)14-13-17-11-9-16(3)10-12-17/h9-12,15H,4-8,13-14H2,1-3H3. The molecule has 1 heteroatoms. The smallest absolute Gasteiger partial charge is 0.133 e. The highest BCUT2D eigenvalue weighted by Crippen LogP contribution is 2.14. The monoisotopic (exact) mass is 260 g/mol. The second-order valence-corrected chi connectivity index (χ2v) is 5.81. The predicted molar refractivity (Wildman–Crippen MR) is 82.4 cm³/mol. The van der Waals surface area contributed by atoms with Crippen molar-refractivity contribution in [3.05, 3.63) is 35.4 Å². The summed E-state index contributed by atoms with van der Waals surface area (Å²) in [5.74, 6) is 1.19. The third-order valence-electron chi connectivity index (χ3n) is 3.75. The molecule has 1 rings (SSSR count). The topological polar surface area (TPSA) is 17.1 Å². The van der Waals surface area contributed by atoms with Gasteiger partial charge in [-0.2, -0.15) is 0 Å². The van der Waals surface area contributed by atoms with E-state index in [9.17, 15) is 4.79 Å². The molecule has 0 N–H and O–H groups in total. The number of carbonyl (C=O) groups is 1. The van der Waals surface area contributed by atoms with Crippen molar-refractivity contribution in [2.24, 2.45) is 5.92 Å². The summed E-state index contributed by atoms with van der Waals surface area (Å²) in [5.41, 5.74) is 2.55. The molecule has 0 fully saturated rings. The highest BCUT2D eigenvalue weighted by molar-refractivity contribution is 5.78. The van der Waals surface area contributed by atoms with Crippen LogP contribution in [-0.2, 0) is 11.2 Å². The van der Waals surface area contributed by atoms with E-state index in [2.05, 4.69) is 45.0 Å². The number of aryl methyl sites for hydroxylation is 2. The van der Waals surface area contributed by atoms with Gasteiger partial charge in [-0.05, 0) is 31.2 Å². The van der Waals surface area contributed by atoms with Gasteiger partial charge >= 0.3 is 0 Å². The molecule has 0 heterocycles. The molecule has 1 atom stereocenters. The van der Waals surface area contributed by atoms with Gasteiger partial charge in [0, 0.05) is 12.8 Å². The molecule has 1 aromatic carbocycles. The lowest BCUT2D eigenvalue weighted by atomic mass is 9.97. The van der Waals surface area contributed by atoms with Gasteiger partial charge in [-0.3, -0.25) is 4.79 Å². The van der Waals surface area contributed by atoms with Gasteiger partial charge in [-0.25, -0.2) is 0 Å². The molecule has 0 saturated heterocycles.